The van der Waals surface area contributed by atoms with E-state index in [0.717, 1.165) is 0 Å². The topological polar surface area (TPSA) is 90.2 Å². The van der Waals surface area contributed by atoms with Crippen LogP contribution in [0.3, 0.4) is 0 Å². The molecule has 1 atom stereocenters. The van der Waals surface area contributed by atoms with Gasteiger partial charge in [0.15, 0.2) is 5.82 Å². The summed E-state index contributed by atoms with van der Waals surface area (Å²) < 4.78 is 53.9. The van der Waals surface area contributed by atoms with Gasteiger partial charge in [0.1, 0.15) is 24.0 Å². The normalized spacial score (nSPS) is 12.4. The summed E-state index contributed by atoms with van der Waals surface area (Å²) in [5.41, 5.74) is 2.02. The molecule has 0 saturated heterocycles. The third kappa shape index (κ3) is 5.55. The molecule has 0 spiro atoms. The molecule has 0 radical (unpaired) electrons. The zero-order valence-corrected chi connectivity index (χ0v) is 21.7. The molecule has 39 heavy (non-hydrogen) atoms. The van der Waals surface area contributed by atoms with Gasteiger partial charge in [0.25, 0.3) is 0 Å². The Hall–Kier alpha value is -4.45. The number of hydrogen-bond donors (Lipinski definition) is 1. The third-order valence-electron chi connectivity index (χ3n) is 5.93. The van der Waals surface area contributed by atoms with Gasteiger partial charge in [0, 0.05) is 31.4 Å². The maximum Gasteiger partial charge on any atom is 0.388 e. The fourth-order valence-corrected chi connectivity index (χ4v) is 4.44. The number of anilines is 2. The SMILES string of the molecule is C[C@H](CN(C)C)Oc1cc(-c2cn(C)nc2OC(F)F)cc2ncnc(Nc3ccc4ncccc4c3F)c12. The average molecular weight is 538 g/mol. The van der Waals surface area contributed by atoms with Crippen LogP contribution < -0.4 is 14.8 Å². The molecule has 202 valence electrons. The molecule has 5 aromatic rings. The second-order valence-electron chi connectivity index (χ2n) is 9.30. The van der Waals surface area contributed by atoms with Crippen molar-refractivity contribution < 1.29 is 22.6 Å². The minimum atomic E-state index is -3.04. The number of rotatable bonds is 9. The van der Waals surface area contributed by atoms with Crippen molar-refractivity contribution in [3.05, 3.63) is 60.9 Å². The van der Waals surface area contributed by atoms with E-state index >= 15 is 4.39 Å². The van der Waals surface area contributed by atoms with Gasteiger partial charge in [-0.15, -0.1) is 5.10 Å². The van der Waals surface area contributed by atoms with E-state index < -0.39 is 12.4 Å². The number of aryl methyl sites for hydroxylation is 1. The molecule has 12 heteroatoms. The largest absolute Gasteiger partial charge is 0.489 e. The zero-order chi connectivity index (χ0) is 27.7. The number of alkyl halides is 2. The minimum Gasteiger partial charge on any atom is -0.489 e. The summed E-state index contributed by atoms with van der Waals surface area (Å²) in [7, 11) is 5.45. The van der Waals surface area contributed by atoms with Crippen LogP contribution in [0.2, 0.25) is 0 Å². The molecule has 3 heterocycles. The Morgan fingerprint density at radius 1 is 1.05 bits per heavy atom. The molecule has 0 aliphatic rings. The Morgan fingerprint density at radius 2 is 1.87 bits per heavy atom. The van der Waals surface area contributed by atoms with Gasteiger partial charge < -0.3 is 19.7 Å². The lowest BCUT2D eigenvalue weighted by Crippen LogP contribution is -2.28. The van der Waals surface area contributed by atoms with Crippen LogP contribution in [0.1, 0.15) is 6.92 Å². The van der Waals surface area contributed by atoms with Crippen LogP contribution in [-0.4, -0.2) is 63.0 Å². The molecule has 5 rings (SSSR count). The van der Waals surface area contributed by atoms with Gasteiger partial charge in [-0.3, -0.25) is 9.67 Å². The highest BCUT2D eigenvalue weighted by Gasteiger charge is 2.21. The van der Waals surface area contributed by atoms with Gasteiger partial charge >= 0.3 is 6.61 Å². The molecule has 1 N–H and O–H groups in total. The standard InChI is InChI=1S/C27H26F3N7O2/c1-15(12-36(2)3)38-22-11-16(18-13-37(4)35-26(18)39-27(29)30)10-21-23(22)25(33-14-32-21)34-20-8-7-19-17(24(20)28)6-5-9-31-19/h5-11,13-15,27H,12H2,1-4H3,(H,32,33,34)/t15-/m1/s1. The van der Waals surface area contributed by atoms with E-state index in [4.69, 9.17) is 4.74 Å². The number of hydrogen-bond acceptors (Lipinski definition) is 8. The number of likely N-dealkylation sites (N-methyl/N-ethyl adjacent to an activating group) is 1. The van der Waals surface area contributed by atoms with E-state index in [2.05, 4.69) is 30.1 Å². The maximum absolute atomic E-state index is 15.4. The van der Waals surface area contributed by atoms with Crippen LogP contribution in [0.4, 0.5) is 24.7 Å². The second kappa shape index (κ2) is 10.7. The fraction of sp³-hybridized carbons (Fsp3) is 0.259. The maximum atomic E-state index is 15.4. The van der Waals surface area contributed by atoms with E-state index in [1.54, 1.807) is 55.8 Å². The summed E-state index contributed by atoms with van der Waals surface area (Å²) >= 11 is 0. The van der Waals surface area contributed by atoms with Crippen molar-refractivity contribution in [1.29, 1.82) is 0 Å². The van der Waals surface area contributed by atoms with Crippen molar-refractivity contribution in [1.82, 2.24) is 29.6 Å². The van der Waals surface area contributed by atoms with Crippen molar-refractivity contribution in [3.63, 3.8) is 0 Å². The summed E-state index contributed by atoms with van der Waals surface area (Å²) in [4.78, 5) is 15.0. The number of aromatic nitrogens is 5. The number of fused-ring (bicyclic) bond motifs is 2. The van der Waals surface area contributed by atoms with Crippen molar-refractivity contribution >= 4 is 33.3 Å². The van der Waals surface area contributed by atoms with Crippen LogP contribution in [0.5, 0.6) is 11.6 Å². The molecule has 0 fully saturated rings. The Morgan fingerprint density at radius 3 is 2.64 bits per heavy atom. The first-order valence-electron chi connectivity index (χ1n) is 12.1. The minimum absolute atomic E-state index is 0.201. The van der Waals surface area contributed by atoms with E-state index in [1.807, 2.05) is 25.9 Å². The molecule has 0 aliphatic carbocycles. The molecule has 0 saturated carbocycles. The molecule has 0 amide bonds. The lowest BCUT2D eigenvalue weighted by Gasteiger charge is -2.21. The second-order valence-corrected chi connectivity index (χ2v) is 9.30. The van der Waals surface area contributed by atoms with Crippen LogP contribution in [0.25, 0.3) is 32.9 Å². The van der Waals surface area contributed by atoms with Gasteiger partial charge in [-0.2, -0.15) is 8.78 Å². The van der Waals surface area contributed by atoms with E-state index in [1.165, 1.54) is 11.0 Å². The molecular weight excluding hydrogens is 511 g/mol. The number of pyridine rings is 1. The van der Waals surface area contributed by atoms with Crippen molar-refractivity contribution in [2.75, 3.05) is 26.0 Å². The number of nitrogens with zero attached hydrogens (tertiary/aromatic N) is 6. The summed E-state index contributed by atoms with van der Waals surface area (Å²) in [5, 5.41) is 7.96. The fourth-order valence-electron chi connectivity index (χ4n) is 4.44. The van der Waals surface area contributed by atoms with E-state index in [0.29, 0.717) is 51.0 Å². The van der Waals surface area contributed by atoms with E-state index in [9.17, 15) is 8.78 Å². The predicted octanol–water partition coefficient (Wildman–Crippen LogP) is 5.39. The summed E-state index contributed by atoms with van der Waals surface area (Å²) in [6, 6.07) is 10.0. The summed E-state index contributed by atoms with van der Waals surface area (Å²) in [5.74, 6) is 0.000567. The Labute approximate surface area is 222 Å². The van der Waals surface area contributed by atoms with Crippen LogP contribution in [0, 0.1) is 5.82 Å². The first-order valence-corrected chi connectivity index (χ1v) is 12.1. The third-order valence-corrected chi connectivity index (χ3v) is 5.93. The highest BCUT2D eigenvalue weighted by molar-refractivity contribution is 5.99. The molecule has 3 aromatic heterocycles. The van der Waals surface area contributed by atoms with Crippen LogP contribution in [0.15, 0.2) is 55.1 Å². The highest BCUT2D eigenvalue weighted by atomic mass is 19.3. The average Bonchev–Trinajstić information content (AvgIpc) is 3.24. The van der Waals surface area contributed by atoms with Crippen LogP contribution in [-0.2, 0) is 7.05 Å². The number of ether oxygens (including phenoxy) is 2. The van der Waals surface area contributed by atoms with Crippen molar-refractivity contribution in [3.8, 4) is 22.8 Å². The predicted molar refractivity (Wildman–Crippen MR) is 142 cm³/mol. The van der Waals surface area contributed by atoms with Crippen LogP contribution >= 0.6 is 0 Å². The Balaban J connectivity index is 1.65. The lowest BCUT2D eigenvalue weighted by atomic mass is 10.0. The monoisotopic (exact) mass is 537 g/mol. The summed E-state index contributed by atoms with van der Waals surface area (Å²) in [6.07, 6.45) is 4.25. The summed E-state index contributed by atoms with van der Waals surface area (Å²) in [6.45, 7) is -0.540. The molecular formula is C27H26F3N7O2. The number of halogens is 3. The van der Waals surface area contributed by atoms with Crippen molar-refractivity contribution in [2.24, 2.45) is 7.05 Å². The van der Waals surface area contributed by atoms with E-state index in [-0.39, 0.29) is 17.7 Å². The number of benzene rings is 2. The van der Waals surface area contributed by atoms with Gasteiger partial charge in [-0.1, -0.05) is 0 Å². The first kappa shape index (κ1) is 26.2. The smallest absolute Gasteiger partial charge is 0.388 e. The number of nitrogens with one attached hydrogen (secondary N) is 1. The molecule has 2 aromatic carbocycles. The van der Waals surface area contributed by atoms with Gasteiger partial charge in [-0.05, 0) is 63.0 Å². The van der Waals surface area contributed by atoms with Crippen molar-refractivity contribution in [2.45, 2.75) is 19.6 Å². The quantitative estimate of drug-likeness (QED) is 0.268. The molecule has 0 aliphatic heterocycles. The zero-order valence-electron chi connectivity index (χ0n) is 21.7. The Bertz CT molecular complexity index is 1640. The van der Waals surface area contributed by atoms with Gasteiger partial charge in [0.2, 0.25) is 5.88 Å². The van der Waals surface area contributed by atoms with Gasteiger partial charge in [-0.25, -0.2) is 14.4 Å². The lowest BCUT2D eigenvalue weighted by molar-refractivity contribution is -0.0527. The molecule has 0 bridgehead atoms. The molecule has 9 nitrogen and oxygen atoms in total. The van der Waals surface area contributed by atoms with Gasteiger partial charge in [0.05, 0.1) is 27.7 Å². The highest BCUT2D eigenvalue weighted by Crippen LogP contribution is 2.39. The first-order chi connectivity index (χ1) is 18.7. The molecule has 0 unspecified atom stereocenters. The Kier molecular flexibility index (Phi) is 7.20.